The van der Waals surface area contributed by atoms with E-state index in [0.717, 1.165) is 29.6 Å². The van der Waals surface area contributed by atoms with Crippen LogP contribution < -0.4 is 5.32 Å². The Kier molecular flexibility index (Phi) is 3.76. The fourth-order valence-corrected chi connectivity index (χ4v) is 2.74. The lowest BCUT2D eigenvalue weighted by atomic mass is 10.2. The van der Waals surface area contributed by atoms with Gasteiger partial charge < -0.3 is 10.2 Å². The highest BCUT2D eigenvalue weighted by molar-refractivity contribution is 6.31. The monoisotopic (exact) mass is 278 g/mol. The fourth-order valence-electron chi connectivity index (χ4n) is 2.55. The van der Waals surface area contributed by atoms with Crippen LogP contribution >= 0.6 is 11.6 Å². The summed E-state index contributed by atoms with van der Waals surface area (Å²) in [6.45, 7) is 2.49. The molecule has 0 radical (unpaired) electrons. The smallest absolute Gasteiger partial charge is 0.224 e. The molecular weight excluding hydrogens is 260 g/mol. The van der Waals surface area contributed by atoms with Crippen LogP contribution in [-0.2, 0) is 11.3 Å². The van der Waals surface area contributed by atoms with Gasteiger partial charge in [-0.3, -0.25) is 4.79 Å². The highest BCUT2D eigenvalue weighted by atomic mass is 35.5. The zero-order valence-electron chi connectivity index (χ0n) is 10.9. The summed E-state index contributed by atoms with van der Waals surface area (Å²) < 4.78 is 0. The number of halogens is 1. The number of nitrogens with zero attached hydrogens (tertiary/aromatic N) is 1. The SMILES string of the molecule is O=C1C[C@@H](NCC2CC2)CN1Cc1ccccc1Cl. The second-order valence-electron chi connectivity index (χ2n) is 5.62. The number of likely N-dealkylation sites (tertiary alicyclic amines) is 1. The number of benzene rings is 1. The Morgan fingerprint density at radius 2 is 2.11 bits per heavy atom. The summed E-state index contributed by atoms with van der Waals surface area (Å²) >= 11 is 6.14. The Bertz CT molecular complexity index is 473. The summed E-state index contributed by atoms with van der Waals surface area (Å²) in [6.07, 6.45) is 3.31. The van der Waals surface area contributed by atoms with E-state index in [0.29, 0.717) is 19.0 Å². The molecule has 4 heteroatoms. The molecule has 1 aliphatic heterocycles. The molecule has 0 aromatic heterocycles. The van der Waals surface area contributed by atoms with Gasteiger partial charge in [-0.15, -0.1) is 0 Å². The largest absolute Gasteiger partial charge is 0.337 e. The molecule has 1 amide bonds. The van der Waals surface area contributed by atoms with E-state index in [2.05, 4.69) is 5.32 Å². The van der Waals surface area contributed by atoms with E-state index in [9.17, 15) is 4.79 Å². The number of carbonyl (C=O) groups excluding carboxylic acids is 1. The van der Waals surface area contributed by atoms with Gasteiger partial charge in [0, 0.05) is 30.6 Å². The summed E-state index contributed by atoms with van der Waals surface area (Å²) in [7, 11) is 0. The lowest BCUT2D eigenvalue weighted by Gasteiger charge is -2.18. The molecule has 3 nitrogen and oxygen atoms in total. The minimum atomic E-state index is 0.230. The van der Waals surface area contributed by atoms with Gasteiger partial charge in [-0.1, -0.05) is 29.8 Å². The first-order valence-corrected chi connectivity index (χ1v) is 7.35. The summed E-state index contributed by atoms with van der Waals surface area (Å²) in [4.78, 5) is 13.9. The van der Waals surface area contributed by atoms with Gasteiger partial charge in [0.1, 0.15) is 0 Å². The molecule has 1 aliphatic carbocycles. The van der Waals surface area contributed by atoms with Crippen LogP contribution in [0.5, 0.6) is 0 Å². The van der Waals surface area contributed by atoms with Crippen LogP contribution in [0.1, 0.15) is 24.8 Å². The van der Waals surface area contributed by atoms with E-state index >= 15 is 0 Å². The molecule has 1 atom stereocenters. The van der Waals surface area contributed by atoms with Crippen molar-refractivity contribution in [2.45, 2.75) is 31.8 Å². The number of nitrogens with one attached hydrogen (secondary N) is 1. The molecular formula is C15H19ClN2O. The third-order valence-corrected chi connectivity index (χ3v) is 4.29. The third-order valence-electron chi connectivity index (χ3n) is 3.93. The van der Waals surface area contributed by atoms with Gasteiger partial charge in [0.05, 0.1) is 0 Å². The molecule has 0 bridgehead atoms. The van der Waals surface area contributed by atoms with Crippen LogP contribution in [0.15, 0.2) is 24.3 Å². The molecule has 2 aliphatic rings. The summed E-state index contributed by atoms with van der Waals surface area (Å²) in [6, 6.07) is 8.05. The van der Waals surface area contributed by atoms with Crippen molar-refractivity contribution in [3.63, 3.8) is 0 Å². The van der Waals surface area contributed by atoms with E-state index in [1.807, 2.05) is 29.2 Å². The van der Waals surface area contributed by atoms with Crippen molar-refractivity contribution in [2.24, 2.45) is 5.92 Å². The number of carbonyl (C=O) groups is 1. The average Bonchev–Trinajstić information content (AvgIpc) is 3.16. The van der Waals surface area contributed by atoms with Crippen molar-refractivity contribution in [1.29, 1.82) is 0 Å². The van der Waals surface area contributed by atoms with Gasteiger partial charge in [-0.05, 0) is 36.9 Å². The average molecular weight is 279 g/mol. The lowest BCUT2D eigenvalue weighted by Crippen LogP contribution is -2.33. The Morgan fingerprint density at radius 3 is 2.84 bits per heavy atom. The molecule has 1 saturated heterocycles. The molecule has 19 heavy (non-hydrogen) atoms. The Hall–Kier alpha value is -1.06. The molecule has 1 aromatic rings. The predicted molar refractivity (Wildman–Crippen MR) is 76.0 cm³/mol. The van der Waals surface area contributed by atoms with E-state index in [-0.39, 0.29) is 5.91 Å². The van der Waals surface area contributed by atoms with Crippen LogP contribution in [0.2, 0.25) is 5.02 Å². The van der Waals surface area contributed by atoms with Crippen molar-refractivity contribution < 1.29 is 4.79 Å². The first-order chi connectivity index (χ1) is 9.22. The quantitative estimate of drug-likeness (QED) is 0.897. The van der Waals surface area contributed by atoms with Crippen molar-refractivity contribution in [3.05, 3.63) is 34.9 Å². The third kappa shape index (κ3) is 3.28. The topological polar surface area (TPSA) is 32.3 Å². The molecule has 1 aromatic carbocycles. The standard InChI is InChI=1S/C15H19ClN2O/c16-14-4-2-1-3-12(14)9-18-10-13(7-15(18)19)17-8-11-5-6-11/h1-4,11,13,17H,5-10H2/t13-/m1/s1. The van der Waals surface area contributed by atoms with Gasteiger partial charge in [0.2, 0.25) is 5.91 Å². The summed E-state index contributed by atoms with van der Waals surface area (Å²) in [5.41, 5.74) is 1.03. The Balaban J connectivity index is 1.56. The second kappa shape index (κ2) is 5.51. The van der Waals surface area contributed by atoms with Gasteiger partial charge in [-0.25, -0.2) is 0 Å². The van der Waals surface area contributed by atoms with Gasteiger partial charge in [-0.2, -0.15) is 0 Å². The van der Waals surface area contributed by atoms with Gasteiger partial charge in [0.15, 0.2) is 0 Å². The molecule has 1 saturated carbocycles. The Labute approximate surface area is 118 Å². The first-order valence-electron chi connectivity index (χ1n) is 6.97. The van der Waals surface area contributed by atoms with Crippen LogP contribution in [0.3, 0.4) is 0 Å². The van der Waals surface area contributed by atoms with Crippen molar-refractivity contribution >= 4 is 17.5 Å². The van der Waals surface area contributed by atoms with Crippen LogP contribution in [0, 0.1) is 5.92 Å². The molecule has 1 N–H and O–H groups in total. The number of hydrogen-bond donors (Lipinski definition) is 1. The van der Waals surface area contributed by atoms with Crippen molar-refractivity contribution in [2.75, 3.05) is 13.1 Å². The second-order valence-corrected chi connectivity index (χ2v) is 6.03. The van der Waals surface area contributed by atoms with E-state index in [1.54, 1.807) is 0 Å². The summed E-state index contributed by atoms with van der Waals surface area (Å²) in [5, 5.41) is 4.25. The molecule has 102 valence electrons. The maximum absolute atomic E-state index is 12.0. The van der Waals surface area contributed by atoms with Gasteiger partial charge in [0.25, 0.3) is 0 Å². The van der Waals surface area contributed by atoms with E-state index < -0.39 is 0 Å². The molecule has 0 unspecified atom stereocenters. The van der Waals surface area contributed by atoms with Crippen LogP contribution in [0.25, 0.3) is 0 Å². The van der Waals surface area contributed by atoms with Crippen molar-refractivity contribution in [1.82, 2.24) is 10.2 Å². The fraction of sp³-hybridized carbons (Fsp3) is 0.533. The highest BCUT2D eigenvalue weighted by Gasteiger charge is 2.31. The van der Waals surface area contributed by atoms with Crippen molar-refractivity contribution in [3.8, 4) is 0 Å². The van der Waals surface area contributed by atoms with E-state index in [4.69, 9.17) is 11.6 Å². The van der Waals surface area contributed by atoms with Gasteiger partial charge >= 0.3 is 0 Å². The zero-order chi connectivity index (χ0) is 13.2. The summed E-state index contributed by atoms with van der Waals surface area (Å²) in [5.74, 6) is 1.08. The Morgan fingerprint density at radius 1 is 1.32 bits per heavy atom. The molecule has 1 heterocycles. The number of rotatable bonds is 5. The molecule has 0 spiro atoms. The zero-order valence-corrected chi connectivity index (χ0v) is 11.7. The minimum absolute atomic E-state index is 0.230. The lowest BCUT2D eigenvalue weighted by molar-refractivity contribution is -0.128. The number of amides is 1. The maximum Gasteiger partial charge on any atom is 0.224 e. The highest BCUT2D eigenvalue weighted by Crippen LogP contribution is 2.28. The maximum atomic E-state index is 12.0. The normalized spacial score (nSPS) is 23.1. The predicted octanol–water partition coefficient (Wildman–Crippen LogP) is 2.44. The van der Waals surface area contributed by atoms with Crippen LogP contribution in [0.4, 0.5) is 0 Å². The van der Waals surface area contributed by atoms with Crippen LogP contribution in [-0.4, -0.2) is 29.9 Å². The molecule has 2 fully saturated rings. The first kappa shape index (κ1) is 12.9. The van der Waals surface area contributed by atoms with E-state index in [1.165, 1.54) is 12.8 Å². The molecule has 3 rings (SSSR count). The minimum Gasteiger partial charge on any atom is -0.337 e. The number of hydrogen-bond acceptors (Lipinski definition) is 2.